The third-order valence-corrected chi connectivity index (χ3v) is 8.24. The highest BCUT2D eigenvalue weighted by atomic mass is 32.2. The molecule has 162 valence electrons. The molecule has 0 N–H and O–H groups in total. The molecule has 0 aliphatic carbocycles. The molecule has 4 rings (SSSR count). The number of thiophene rings is 1. The molecule has 3 aromatic rings. The van der Waals surface area contributed by atoms with E-state index in [1.54, 1.807) is 12.4 Å². The molecule has 0 fully saturated rings. The molecule has 1 aromatic heterocycles. The smallest absolute Gasteiger partial charge is 0.265 e. The maximum absolute atomic E-state index is 13.3. The third kappa shape index (κ3) is 4.66. The lowest BCUT2D eigenvalue weighted by molar-refractivity contribution is 0.0775. The molecule has 0 bridgehead atoms. The fraction of sp³-hybridized carbons (Fsp3) is 0.261. The van der Waals surface area contributed by atoms with Gasteiger partial charge in [0, 0.05) is 20.1 Å². The number of hydrogen-bond acceptors (Lipinski definition) is 5. The predicted octanol–water partition coefficient (Wildman–Crippen LogP) is 3.65. The molecule has 0 saturated carbocycles. The Hall–Kier alpha value is -2.68. The van der Waals surface area contributed by atoms with E-state index in [4.69, 9.17) is 4.74 Å². The monoisotopic (exact) mass is 456 g/mol. The summed E-state index contributed by atoms with van der Waals surface area (Å²) in [4.78, 5) is 14.8. The SMILES string of the molecule is CN(CCOc1ccccc1)C(=O)c1sccc1S(=O)(=O)N1CCc2ccccc2C1. The van der Waals surface area contributed by atoms with Crippen molar-refractivity contribution in [3.63, 3.8) is 0 Å². The number of likely N-dealkylation sites (N-methyl/N-ethyl adjacent to an activating group) is 1. The van der Waals surface area contributed by atoms with Crippen molar-refractivity contribution in [2.45, 2.75) is 17.9 Å². The Balaban J connectivity index is 1.45. The zero-order valence-corrected chi connectivity index (χ0v) is 18.9. The highest BCUT2D eigenvalue weighted by Gasteiger charge is 2.33. The van der Waals surface area contributed by atoms with Crippen molar-refractivity contribution in [2.75, 3.05) is 26.7 Å². The Bertz CT molecular complexity index is 1160. The molecular formula is C23H24N2O4S2. The number of para-hydroxylation sites is 1. The van der Waals surface area contributed by atoms with Crippen LogP contribution in [0.5, 0.6) is 5.75 Å². The number of carbonyl (C=O) groups is 1. The number of benzene rings is 2. The summed E-state index contributed by atoms with van der Waals surface area (Å²) in [5, 5.41) is 1.66. The van der Waals surface area contributed by atoms with E-state index < -0.39 is 10.0 Å². The summed E-state index contributed by atoms with van der Waals surface area (Å²) < 4.78 is 33.8. The first-order chi connectivity index (χ1) is 15.0. The minimum absolute atomic E-state index is 0.0812. The zero-order valence-electron chi connectivity index (χ0n) is 17.2. The highest BCUT2D eigenvalue weighted by Crippen LogP contribution is 2.30. The number of fused-ring (bicyclic) bond motifs is 1. The van der Waals surface area contributed by atoms with Crippen molar-refractivity contribution < 1.29 is 17.9 Å². The molecular weight excluding hydrogens is 432 g/mol. The number of rotatable bonds is 7. The van der Waals surface area contributed by atoms with Gasteiger partial charge in [0.05, 0.1) is 6.54 Å². The van der Waals surface area contributed by atoms with Crippen molar-refractivity contribution in [1.82, 2.24) is 9.21 Å². The summed E-state index contributed by atoms with van der Waals surface area (Å²) in [6.07, 6.45) is 0.666. The first-order valence-electron chi connectivity index (χ1n) is 10.0. The van der Waals surface area contributed by atoms with Crippen LogP contribution in [-0.4, -0.2) is 50.3 Å². The van der Waals surface area contributed by atoms with Crippen LogP contribution in [0.4, 0.5) is 0 Å². The van der Waals surface area contributed by atoms with Crippen LogP contribution in [0.1, 0.15) is 20.8 Å². The Kier molecular flexibility index (Phi) is 6.41. The summed E-state index contributed by atoms with van der Waals surface area (Å²) in [5.74, 6) is 0.413. The van der Waals surface area contributed by atoms with Gasteiger partial charge in [-0.3, -0.25) is 4.79 Å². The number of amides is 1. The molecule has 0 spiro atoms. The molecule has 0 radical (unpaired) electrons. The minimum Gasteiger partial charge on any atom is -0.492 e. The first kappa shape index (κ1) is 21.5. The second-order valence-electron chi connectivity index (χ2n) is 7.36. The Labute approximate surface area is 186 Å². The molecule has 1 aliphatic heterocycles. The average molecular weight is 457 g/mol. The quantitative estimate of drug-likeness (QED) is 0.544. The zero-order chi connectivity index (χ0) is 21.8. The summed E-state index contributed by atoms with van der Waals surface area (Å²) >= 11 is 1.15. The van der Waals surface area contributed by atoms with Crippen LogP contribution in [-0.2, 0) is 23.0 Å². The minimum atomic E-state index is -3.77. The maximum atomic E-state index is 13.3. The van der Waals surface area contributed by atoms with Crippen LogP contribution < -0.4 is 4.74 Å². The van der Waals surface area contributed by atoms with Crippen LogP contribution in [0, 0.1) is 0 Å². The molecule has 0 saturated heterocycles. The Morgan fingerprint density at radius 3 is 2.55 bits per heavy atom. The molecule has 0 unspecified atom stereocenters. The average Bonchev–Trinajstić information content (AvgIpc) is 3.30. The summed E-state index contributed by atoms with van der Waals surface area (Å²) in [6.45, 7) is 1.40. The van der Waals surface area contributed by atoms with Crippen LogP contribution in [0.25, 0.3) is 0 Å². The summed E-state index contributed by atoms with van der Waals surface area (Å²) in [5.41, 5.74) is 2.18. The van der Waals surface area contributed by atoms with Gasteiger partial charge in [0.15, 0.2) is 0 Å². The molecule has 1 amide bonds. The van der Waals surface area contributed by atoms with Crippen LogP contribution >= 0.6 is 11.3 Å². The molecule has 31 heavy (non-hydrogen) atoms. The van der Waals surface area contributed by atoms with Gasteiger partial charge in [0.2, 0.25) is 10.0 Å². The number of carbonyl (C=O) groups excluding carboxylic acids is 1. The fourth-order valence-electron chi connectivity index (χ4n) is 3.56. The largest absolute Gasteiger partial charge is 0.492 e. The number of hydrogen-bond donors (Lipinski definition) is 0. The van der Waals surface area contributed by atoms with E-state index >= 15 is 0 Å². The number of nitrogens with zero attached hydrogens (tertiary/aromatic N) is 2. The lowest BCUT2D eigenvalue weighted by Gasteiger charge is -2.28. The van der Waals surface area contributed by atoms with Gasteiger partial charge in [0.1, 0.15) is 22.1 Å². The molecule has 6 nitrogen and oxygen atoms in total. The van der Waals surface area contributed by atoms with E-state index in [1.165, 1.54) is 20.8 Å². The second kappa shape index (κ2) is 9.21. The van der Waals surface area contributed by atoms with Crippen molar-refractivity contribution in [3.8, 4) is 5.75 Å². The normalized spacial score (nSPS) is 14.1. The third-order valence-electron chi connectivity index (χ3n) is 5.32. The summed E-state index contributed by atoms with van der Waals surface area (Å²) in [6, 6.07) is 18.8. The standard InChI is InChI=1S/C23H24N2O4S2/c1-24(14-15-29-20-9-3-2-4-10-20)23(26)22-21(12-16-30-22)31(27,28)25-13-11-18-7-5-6-8-19(18)17-25/h2-10,12,16H,11,13-15,17H2,1H3. The van der Waals surface area contributed by atoms with Gasteiger partial charge in [0.25, 0.3) is 5.91 Å². The van der Waals surface area contributed by atoms with E-state index in [0.29, 0.717) is 32.7 Å². The van der Waals surface area contributed by atoms with Gasteiger partial charge >= 0.3 is 0 Å². The van der Waals surface area contributed by atoms with E-state index in [1.807, 2.05) is 54.6 Å². The van der Waals surface area contributed by atoms with Crippen LogP contribution in [0.3, 0.4) is 0 Å². The van der Waals surface area contributed by atoms with Crippen molar-refractivity contribution in [2.24, 2.45) is 0 Å². The van der Waals surface area contributed by atoms with Gasteiger partial charge in [-0.05, 0) is 41.1 Å². The molecule has 1 aliphatic rings. The lowest BCUT2D eigenvalue weighted by Crippen LogP contribution is -2.37. The topological polar surface area (TPSA) is 66.9 Å². The summed E-state index contributed by atoms with van der Waals surface area (Å²) in [7, 11) is -2.11. The van der Waals surface area contributed by atoms with E-state index in [2.05, 4.69) is 0 Å². The lowest BCUT2D eigenvalue weighted by atomic mass is 10.0. The predicted molar refractivity (Wildman–Crippen MR) is 121 cm³/mol. The molecule has 2 aromatic carbocycles. The van der Waals surface area contributed by atoms with Crippen LogP contribution in [0.2, 0.25) is 0 Å². The van der Waals surface area contributed by atoms with Crippen molar-refractivity contribution in [3.05, 3.63) is 82.0 Å². The Morgan fingerprint density at radius 1 is 1.06 bits per heavy atom. The van der Waals surface area contributed by atoms with E-state index in [9.17, 15) is 13.2 Å². The molecule has 0 atom stereocenters. The van der Waals surface area contributed by atoms with Gasteiger partial charge in [-0.25, -0.2) is 8.42 Å². The van der Waals surface area contributed by atoms with Gasteiger partial charge in [-0.2, -0.15) is 4.31 Å². The van der Waals surface area contributed by atoms with Crippen molar-refractivity contribution in [1.29, 1.82) is 0 Å². The molecule has 8 heteroatoms. The van der Waals surface area contributed by atoms with Crippen LogP contribution in [0.15, 0.2) is 70.9 Å². The molecule has 2 heterocycles. The number of ether oxygens (including phenoxy) is 1. The highest BCUT2D eigenvalue weighted by molar-refractivity contribution is 7.89. The van der Waals surface area contributed by atoms with Crippen molar-refractivity contribution >= 4 is 27.3 Å². The fourth-order valence-corrected chi connectivity index (χ4v) is 6.37. The van der Waals surface area contributed by atoms with Gasteiger partial charge in [-0.15, -0.1) is 11.3 Å². The van der Waals surface area contributed by atoms with E-state index in [0.717, 1.165) is 22.6 Å². The maximum Gasteiger partial charge on any atom is 0.265 e. The van der Waals surface area contributed by atoms with E-state index in [-0.39, 0.29) is 15.7 Å². The Morgan fingerprint density at radius 2 is 1.77 bits per heavy atom. The second-order valence-corrected chi connectivity index (χ2v) is 10.2. The van der Waals surface area contributed by atoms with Gasteiger partial charge in [-0.1, -0.05) is 42.5 Å². The van der Waals surface area contributed by atoms with Gasteiger partial charge < -0.3 is 9.64 Å². The first-order valence-corrected chi connectivity index (χ1v) is 12.4. The number of sulfonamides is 1.